The molecule has 1 rings (SSSR count). The number of methoxy groups -OCH3 is 1. The van der Waals surface area contributed by atoms with Crippen molar-refractivity contribution >= 4 is 17.8 Å². The Morgan fingerprint density at radius 2 is 1.75 bits per heavy atom. The van der Waals surface area contributed by atoms with Crippen LogP contribution in [-0.4, -0.2) is 37.0 Å². The zero-order valence-corrected chi connectivity index (χ0v) is 14.7. The lowest BCUT2D eigenvalue weighted by molar-refractivity contribution is -0.146. The quantitative estimate of drug-likeness (QED) is 0.705. The third-order valence-electron chi connectivity index (χ3n) is 3.94. The highest BCUT2D eigenvalue weighted by Crippen LogP contribution is 2.10. The molecule has 0 aliphatic rings. The summed E-state index contributed by atoms with van der Waals surface area (Å²) >= 11 is 0. The number of carbonyl (C=O) groups is 3. The molecule has 2 amide bonds. The number of carbonyl (C=O) groups excluding carboxylic acids is 3. The van der Waals surface area contributed by atoms with Crippen molar-refractivity contribution in [1.82, 2.24) is 10.6 Å². The number of ether oxygens (including phenoxy) is 1. The van der Waals surface area contributed by atoms with Gasteiger partial charge in [0.05, 0.1) is 7.11 Å². The zero-order chi connectivity index (χ0) is 18.1. The molecule has 6 nitrogen and oxygen atoms in total. The summed E-state index contributed by atoms with van der Waals surface area (Å²) in [6, 6.07) is 7.90. The van der Waals surface area contributed by atoms with Crippen LogP contribution in [0.1, 0.15) is 32.8 Å². The Morgan fingerprint density at radius 1 is 1.12 bits per heavy atom. The highest BCUT2D eigenvalue weighted by Gasteiger charge is 2.30. The lowest BCUT2D eigenvalue weighted by atomic mass is 9.98. The zero-order valence-electron chi connectivity index (χ0n) is 14.7. The summed E-state index contributed by atoms with van der Waals surface area (Å²) in [5, 5.41) is 5.36. The van der Waals surface area contributed by atoms with E-state index in [9.17, 15) is 14.4 Å². The van der Waals surface area contributed by atoms with Crippen LogP contribution in [0, 0.1) is 5.92 Å². The van der Waals surface area contributed by atoms with Crippen molar-refractivity contribution in [2.45, 2.75) is 45.7 Å². The minimum atomic E-state index is -0.749. The Balaban J connectivity index is 2.89. The van der Waals surface area contributed by atoms with E-state index >= 15 is 0 Å². The molecule has 3 atom stereocenters. The molecule has 0 aliphatic carbocycles. The van der Waals surface area contributed by atoms with Crippen LogP contribution in [0.3, 0.4) is 0 Å². The van der Waals surface area contributed by atoms with Gasteiger partial charge < -0.3 is 15.4 Å². The van der Waals surface area contributed by atoms with Crippen molar-refractivity contribution in [3.8, 4) is 0 Å². The molecule has 0 radical (unpaired) electrons. The first-order chi connectivity index (χ1) is 11.4. The van der Waals surface area contributed by atoms with Crippen molar-refractivity contribution in [2.24, 2.45) is 5.92 Å². The third-order valence-corrected chi connectivity index (χ3v) is 3.94. The molecule has 1 aromatic rings. The van der Waals surface area contributed by atoms with E-state index in [1.807, 2.05) is 44.2 Å². The summed E-state index contributed by atoms with van der Waals surface area (Å²) in [6.07, 6.45) is 1.06. The van der Waals surface area contributed by atoms with Crippen molar-refractivity contribution < 1.29 is 19.1 Å². The molecule has 6 heteroatoms. The first-order valence-electron chi connectivity index (χ1n) is 8.08. The van der Waals surface area contributed by atoms with Crippen LogP contribution in [0.4, 0.5) is 0 Å². The molecule has 0 aliphatic heterocycles. The van der Waals surface area contributed by atoms with Gasteiger partial charge in [-0.25, -0.2) is 4.79 Å². The summed E-state index contributed by atoms with van der Waals surface area (Å²) in [5.41, 5.74) is 0.921. The molecule has 0 saturated carbocycles. The number of amides is 2. The van der Waals surface area contributed by atoms with Crippen molar-refractivity contribution in [3.63, 3.8) is 0 Å². The van der Waals surface area contributed by atoms with Gasteiger partial charge >= 0.3 is 5.97 Å². The van der Waals surface area contributed by atoms with Gasteiger partial charge in [-0.1, -0.05) is 50.6 Å². The van der Waals surface area contributed by atoms with E-state index < -0.39 is 24.0 Å². The molecular weight excluding hydrogens is 308 g/mol. The molecule has 0 saturated heterocycles. The molecule has 0 spiro atoms. The summed E-state index contributed by atoms with van der Waals surface area (Å²) in [6.45, 7) is 5.16. The normalized spacial score (nSPS) is 14.2. The second kappa shape index (κ2) is 9.70. The van der Waals surface area contributed by atoms with E-state index in [1.54, 1.807) is 0 Å². The fourth-order valence-corrected chi connectivity index (χ4v) is 2.35. The fraction of sp³-hybridized carbons (Fsp3) is 0.500. The Morgan fingerprint density at radius 3 is 2.25 bits per heavy atom. The topological polar surface area (TPSA) is 84.5 Å². The van der Waals surface area contributed by atoms with Crippen LogP contribution in [0.25, 0.3) is 0 Å². The number of rotatable bonds is 8. The van der Waals surface area contributed by atoms with E-state index in [4.69, 9.17) is 4.74 Å². The maximum absolute atomic E-state index is 12.6. The van der Waals surface area contributed by atoms with E-state index in [0.717, 1.165) is 5.56 Å². The second-order valence-electron chi connectivity index (χ2n) is 5.84. The molecule has 1 aromatic carbocycles. The first-order valence-corrected chi connectivity index (χ1v) is 8.08. The van der Waals surface area contributed by atoms with Gasteiger partial charge in [0.2, 0.25) is 11.8 Å². The molecule has 132 valence electrons. The largest absolute Gasteiger partial charge is 0.467 e. The minimum Gasteiger partial charge on any atom is -0.467 e. The molecular formula is C18H26N2O4. The Labute approximate surface area is 143 Å². The van der Waals surface area contributed by atoms with Crippen LogP contribution in [0.2, 0.25) is 0 Å². The number of benzene rings is 1. The maximum Gasteiger partial charge on any atom is 0.328 e. The predicted octanol–water partition coefficient (Wildman–Crippen LogP) is 1.44. The predicted molar refractivity (Wildman–Crippen MR) is 91.2 cm³/mol. The smallest absolute Gasteiger partial charge is 0.328 e. The van der Waals surface area contributed by atoms with E-state index in [-0.39, 0.29) is 11.8 Å². The van der Waals surface area contributed by atoms with Gasteiger partial charge in [-0.3, -0.25) is 9.59 Å². The van der Waals surface area contributed by atoms with Crippen LogP contribution in [0.5, 0.6) is 0 Å². The number of nitrogens with one attached hydrogen (secondary N) is 2. The molecule has 0 unspecified atom stereocenters. The standard InChI is InChI=1S/C18H26N2O4/c1-5-12(2)16(18(23)24-4)20-17(22)15(19-13(3)21)11-14-9-7-6-8-10-14/h6-10,12,15-16H,5,11H2,1-4H3,(H,19,21)(H,20,22)/t12-,15+,16+/m0/s1. The molecule has 0 fully saturated rings. The van der Waals surface area contributed by atoms with E-state index in [2.05, 4.69) is 10.6 Å². The van der Waals surface area contributed by atoms with Crippen LogP contribution in [-0.2, 0) is 25.5 Å². The molecule has 0 heterocycles. The lowest BCUT2D eigenvalue weighted by Gasteiger charge is -2.25. The van der Waals surface area contributed by atoms with Gasteiger partial charge in [-0.15, -0.1) is 0 Å². The molecule has 24 heavy (non-hydrogen) atoms. The van der Waals surface area contributed by atoms with Crippen LogP contribution < -0.4 is 10.6 Å². The summed E-state index contributed by atoms with van der Waals surface area (Å²) in [4.78, 5) is 36.0. The van der Waals surface area contributed by atoms with Crippen LogP contribution >= 0.6 is 0 Å². The number of hydrogen-bond acceptors (Lipinski definition) is 4. The molecule has 2 N–H and O–H groups in total. The third kappa shape index (κ3) is 6.02. The van der Waals surface area contributed by atoms with Gasteiger partial charge in [-0.05, 0) is 11.5 Å². The summed E-state index contributed by atoms with van der Waals surface area (Å²) < 4.78 is 4.77. The summed E-state index contributed by atoms with van der Waals surface area (Å²) in [5.74, 6) is -1.26. The van der Waals surface area contributed by atoms with E-state index in [1.165, 1.54) is 14.0 Å². The van der Waals surface area contributed by atoms with Gasteiger partial charge in [-0.2, -0.15) is 0 Å². The van der Waals surface area contributed by atoms with Crippen molar-refractivity contribution in [3.05, 3.63) is 35.9 Å². The lowest BCUT2D eigenvalue weighted by Crippen LogP contribution is -2.54. The minimum absolute atomic E-state index is 0.0731. The Hall–Kier alpha value is -2.37. The average Bonchev–Trinajstić information content (AvgIpc) is 2.58. The number of hydrogen-bond donors (Lipinski definition) is 2. The van der Waals surface area contributed by atoms with E-state index in [0.29, 0.717) is 12.8 Å². The SMILES string of the molecule is CC[C@H](C)[C@@H](NC(=O)[C@@H](Cc1ccccc1)NC(C)=O)C(=O)OC. The van der Waals surface area contributed by atoms with Gasteiger partial charge in [0, 0.05) is 13.3 Å². The second-order valence-corrected chi connectivity index (χ2v) is 5.84. The molecule has 0 aromatic heterocycles. The molecule has 0 bridgehead atoms. The first kappa shape index (κ1) is 19.7. The van der Waals surface area contributed by atoms with Crippen LogP contribution in [0.15, 0.2) is 30.3 Å². The van der Waals surface area contributed by atoms with Gasteiger partial charge in [0.1, 0.15) is 12.1 Å². The summed E-state index contributed by atoms with van der Waals surface area (Å²) in [7, 11) is 1.29. The van der Waals surface area contributed by atoms with Crippen molar-refractivity contribution in [2.75, 3.05) is 7.11 Å². The average molecular weight is 334 g/mol. The Kier molecular flexibility index (Phi) is 7.95. The monoisotopic (exact) mass is 334 g/mol. The Bertz CT molecular complexity index is 559. The fourth-order valence-electron chi connectivity index (χ4n) is 2.35. The highest BCUT2D eigenvalue weighted by molar-refractivity contribution is 5.90. The number of esters is 1. The van der Waals surface area contributed by atoms with Gasteiger partial charge in [0.15, 0.2) is 0 Å². The van der Waals surface area contributed by atoms with Crippen molar-refractivity contribution in [1.29, 1.82) is 0 Å². The van der Waals surface area contributed by atoms with Gasteiger partial charge in [0.25, 0.3) is 0 Å². The highest BCUT2D eigenvalue weighted by atomic mass is 16.5. The maximum atomic E-state index is 12.6.